The lowest BCUT2D eigenvalue weighted by Crippen LogP contribution is -2.37. The number of hydrogen-bond donors (Lipinski definition) is 2. The second-order valence-electron chi connectivity index (χ2n) is 5.80. The van der Waals surface area contributed by atoms with Gasteiger partial charge < -0.3 is 5.11 Å². The molecular formula is C15H23FN2O3S. The molecule has 1 aliphatic heterocycles. The van der Waals surface area contributed by atoms with Crippen LogP contribution in [0.2, 0.25) is 0 Å². The number of sulfonamides is 1. The minimum absolute atomic E-state index is 0.224. The molecule has 0 aliphatic carbocycles. The Labute approximate surface area is 131 Å². The second kappa shape index (κ2) is 7.50. The van der Waals surface area contributed by atoms with Crippen molar-refractivity contribution in [3.8, 4) is 0 Å². The lowest BCUT2D eigenvalue weighted by Gasteiger charge is -2.26. The van der Waals surface area contributed by atoms with E-state index in [-0.39, 0.29) is 11.9 Å². The van der Waals surface area contributed by atoms with E-state index in [9.17, 15) is 17.9 Å². The van der Waals surface area contributed by atoms with E-state index in [0.717, 1.165) is 25.6 Å². The minimum atomic E-state index is -3.16. The van der Waals surface area contributed by atoms with Gasteiger partial charge in [0.15, 0.2) is 0 Å². The Hall–Kier alpha value is -1.02. The number of rotatable bonds is 7. The smallest absolute Gasteiger partial charge is 0.208 e. The van der Waals surface area contributed by atoms with Gasteiger partial charge in [-0.2, -0.15) is 0 Å². The molecule has 1 aromatic rings. The Morgan fingerprint density at radius 1 is 1.41 bits per heavy atom. The van der Waals surface area contributed by atoms with Crippen molar-refractivity contribution in [1.29, 1.82) is 0 Å². The van der Waals surface area contributed by atoms with Gasteiger partial charge >= 0.3 is 0 Å². The molecule has 0 saturated carbocycles. The lowest BCUT2D eigenvalue weighted by atomic mass is 10.0. The van der Waals surface area contributed by atoms with Crippen molar-refractivity contribution < 1.29 is 17.9 Å². The van der Waals surface area contributed by atoms with Crippen molar-refractivity contribution >= 4 is 10.0 Å². The Morgan fingerprint density at radius 3 is 2.73 bits per heavy atom. The number of benzene rings is 1. The largest absolute Gasteiger partial charge is 0.388 e. The fourth-order valence-electron chi connectivity index (χ4n) is 2.91. The first-order valence-electron chi connectivity index (χ1n) is 7.47. The summed E-state index contributed by atoms with van der Waals surface area (Å²) < 4.78 is 37.5. The van der Waals surface area contributed by atoms with Gasteiger partial charge in [-0.15, -0.1) is 0 Å². The summed E-state index contributed by atoms with van der Waals surface area (Å²) in [5, 5.41) is 10.3. The van der Waals surface area contributed by atoms with Crippen molar-refractivity contribution in [2.45, 2.75) is 31.4 Å². The summed E-state index contributed by atoms with van der Waals surface area (Å²) in [7, 11) is -3.16. The summed E-state index contributed by atoms with van der Waals surface area (Å²) in [6.07, 6.45) is 3.11. The van der Waals surface area contributed by atoms with E-state index >= 15 is 0 Å². The van der Waals surface area contributed by atoms with Gasteiger partial charge in [-0.25, -0.2) is 17.5 Å². The van der Waals surface area contributed by atoms with Gasteiger partial charge in [-0.1, -0.05) is 12.1 Å². The molecule has 1 heterocycles. The van der Waals surface area contributed by atoms with Crippen LogP contribution in [-0.4, -0.2) is 50.4 Å². The van der Waals surface area contributed by atoms with Crippen molar-refractivity contribution in [1.82, 2.24) is 9.62 Å². The maximum absolute atomic E-state index is 12.9. The molecule has 0 spiro atoms. The fraction of sp³-hybridized carbons (Fsp3) is 0.600. The Morgan fingerprint density at radius 2 is 2.09 bits per heavy atom. The zero-order chi connectivity index (χ0) is 16.2. The molecule has 2 N–H and O–H groups in total. The van der Waals surface area contributed by atoms with Crippen LogP contribution in [0.25, 0.3) is 0 Å². The van der Waals surface area contributed by atoms with Crippen molar-refractivity contribution in [3.63, 3.8) is 0 Å². The van der Waals surface area contributed by atoms with Crippen LogP contribution in [0.3, 0.4) is 0 Å². The molecule has 1 saturated heterocycles. The van der Waals surface area contributed by atoms with Crippen molar-refractivity contribution in [2.75, 3.05) is 25.9 Å². The Kier molecular flexibility index (Phi) is 5.91. The zero-order valence-electron chi connectivity index (χ0n) is 12.7. The highest BCUT2D eigenvalue weighted by Gasteiger charge is 2.26. The van der Waals surface area contributed by atoms with E-state index < -0.39 is 16.1 Å². The van der Waals surface area contributed by atoms with E-state index in [2.05, 4.69) is 9.62 Å². The molecule has 7 heteroatoms. The molecule has 0 amide bonds. The fourth-order valence-corrected chi connectivity index (χ4v) is 3.37. The van der Waals surface area contributed by atoms with Gasteiger partial charge in [0.25, 0.3) is 0 Å². The zero-order valence-corrected chi connectivity index (χ0v) is 13.5. The summed E-state index contributed by atoms with van der Waals surface area (Å²) in [6, 6.07) is 6.12. The highest BCUT2D eigenvalue weighted by Crippen LogP contribution is 2.27. The van der Waals surface area contributed by atoms with Gasteiger partial charge in [-0.05, 0) is 43.5 Å². The quantitative estimate of drug-likeness (QED) is 0.790. The average molecular weight is 330 g/mol. The molecule has 0 aromatic heterocycles. The average Bonchev–Trinajstić information content (AvgIpc) is 2.85. The Balaban J connectivity index is 1.86. The predicted molar refractivity (Wildman–Crippen MR) is 83.4 cm³/mol. The molecule has 0 unspecified atom stereocenters. The normalized spacial score (nSPS) is 21.1. The number of aliphatic hydroxyl groups is 1. The first kappa shape index (κ1) is 17.3. The van der Waals surface area contributed by atoms with E-state index in [4.69, 9.17) is 0 Å². The molecule has 0 radical (unpaired) electrons. The number of aliphatic hydroxyl groups excluding tert-OH is 1. The monoisotopic (exact) mass is 330 g/mol. The number of hydrogen-bond acceptors (Lipinski definition) is 4. The molecule has 1 fully saturated rings. The van der Waals surface area contributed by atoms with Gasteiger partial charge in [-0.3, -0.25) is 4.90 Å². The SMILES string of the molecule is CS(=O)(=O)NCCN1CCC[C@@H]1C[C@H](O)c1ccc(F)cc1. The molecule has 1 aromatic carbocycles. The summed E-state index contributed by atoms with van der Waals surface area (Å²) in [5.41, 5.74) is 0.711. The van der Waals surface area contributed by atoms with Crippen LogP contribution in [0.4, 0.5) is 4.39 Å². The van der Waals surface area contributed by atoms with Gasteiger partial charge in [0.1, 0.15) is 5.82 Å². The summed E-state index contributed by atoms with van der Waals surface area (Å²) in [6.45, 7) is 1.92. The van der Waals surface area contributed by atoms with Gasteiger partial charge in [0.05, 0.1) is 12.4 Å². The number of nitrogens with zero attached hydrogens (tertiary/aromatic N) is 1. The van der Waals surface area contributed by atoms with E-state index in [1.807, 2.05) is 0 Å². The molecule has 22 heavy (non-hydrogen) atoms. The molecule has 0 bridgehead atoms. The van der Waals surface area contributed by atoms with Crippen molar-refractivity contribution in [2.24, 2.45) is 0 Å². The van der Waals surface area contributed by atoms with Crippen LogP contribution in [0.1, 0.15) is 30.9 Å². The summed E-state index contributed by atoms with van der Waals surface area (Å²) >= 11 is 0. The third-order valence-corrected chi connectivity index (χ3v) is 4.74. The summed E-state index contributed by atoms with van der Waals surface area (Å²) in [4.78, 5) is 2.20. The molecule has 5 nitrogen and oxygen atoms in total. The van der Waals surface area contributed by atoms with Crippen LogP contribution in [0.15, 0.2) is 24.3 Å². The van der Waals surface area contributed by atoms with Crippen LogP contribution in [0.5, 0.6) is 0 Å². The first-order chi connectivity index (χ1) is 10.3. The highest BCUT2D eigenvalue weighted by atomic mass is 32.2. The number of halogens is 1. The third kappa shape index (κ3) is 5.31. The maximum atomic E-state index is 12.9. The summed E-state index contributed by atoms with van der Waals surface area (Å²) in [5.74, 6) is -0.315. The predicted octanol–water partition coefficient (Wildman–Crippen LogP) is 1.26. The molecule has 124 valence electrons. The van der Waals surface area contributed by atoms with Crippen molar-refractivity contribution in [3.05, 3.63) is 35.6 Å². The number of nitrogens with one attached hydrogen (secondary N) is 1. The molecule has 2 atom stereocenters. The third-order valence-electron chi connectivity index (χ3n) is 4.01. The molecule has 1 aliphatic rings. The maximum Gasteiger partial charge on any atom is 0.208 e. The Bertz CT molecular complexity index is 577. The number of likely N-dealkylation sites (tertiary alicyclic amines) is 1. The molecule has 2 rings (SSSR count). The topological polar surface area (TPSA) is 69.6 Å². The standard InChI is InChI=1S/C15H23FN2O3S/c1-22(20,21)17-8-10-18-9-2-3-14(18)11-15(19)12-4-6-13(16)7-5-12/h4-7,14-15,17,19H,2-3,8-11H2,1H3/t14-,15+/m1/s1. The van der Waals surface area contributed by atoms with Crippen LogP contribution < -0.4 is 4.72 Å². The van der Waals surface area contributed by atoms with E-state index in [1.54, 1.807) is 12.1 Å². The van der Waals surface area contributed by atoms with E-state index in [0.29, 0.717) is 25.1 Å². The van der Waals surface area contributed by atoms with Crippen LogP contribution in [-0.2, 0) is 10.0 Å². The van der Waals surface area contributed by atoms with E-state index in [1.165, 1.54) is 12.1 Å². The second-order valence-corrected chi connectivity index (χ2v) is 7.63. The minimum Gasteiger partial charge on any atom is -0.388 e. The first-order valence-corrected chi connectivity index (χ1v) is 9.36. The highest BCUT2D eigenvalue weighted by molar-refractivity contribution is 7.88. The van der Waals surface area contributed by atoms with Gasteiger partial charge in [0, 0.05) is 19.1 Å². The van der Waals surface area contributed by atoms with Gasteiger partial charge in [0.2, 0.25) is 10.0 Å². The van der Waals surface area contributed by atoms with Crippen LogP contribution >= 0.6 is 0 Å². The lowest BCUT2D eigenvalue weighted by molar-refractivity contribution is 0.121. The van der Waals surface area contributed by atoms with Crippen LogP contribution in [0, 0.1) is 5.82 Å². The molecular weight excluding hydrogens is 307 g/mol.